The molecule has 0 saturated carbocycles. The van der Waals surface area contributed by atoms with E-state index in [2.05, 4.69) is 5.32 Å². The molecule has 0 unspecified atom stereocenters. The summed E-state index contributed by atoms with van der Waals surface area (Å²) in [5.74, 6) is 0.0263. The SMILES string of the molecule is CCCC(=O)OCCCNc1ccc(O)cc1Oc1ccc(C(=O)COC(=O)CCC)cc1. The smallest absolute Gasteiger partial charge is 0.306 e. The Balaban J connectivity index is 1.91. The average molecular weight is 458 g/mol. The van der Waals surface area contributed by atoms with Crippen LogP contribution in [0.15, 0.2) is 42.5 Å². The highest BCUT2D eigenvalue weighted by atomic mass is 16.5. The average Bonchev–Trinajstić information content (AvgIpc) is 2.79. The van der Waals surface area contributed by atoms with E-state index in [1.54, 1.807) is 30.3 Å². The van der Waals surface area contributed by atoms with E-state index in [1.165, 1.54) is 12.1 Å². The summed E-state index contributed by atoms with van der Waals surface area (Å²) in [4.78, 5) is 35.0. The van der Waals surface area contributed by atoms with Crippen LogP contribution in [0.25, 0.3) is 0 Å². The number of rotatable bonds is 14. The zero-order chi connectivity index (χ0) is 24.1. The number of phenolic OH excluding ortho intramolecular Hbond substituents is 1. The van der Waals surface area contributed by atoms with Crippen LogP contribution in [-0.2, 0) is 19.1 Å². The number of anilines is 1. The van der Waals surface area contributed by atoms with Crippen molar-refractivity contribution in [1.29, 1.82) is 0 Å². The molecular formula is C25H31NO7. The van der Waals surface area contributed by atoms with Crippen LogP contribution in [-0.4, -0.2) is 42.6 Å². The summed E-state index contributed by atoms with van der Waals surface area (Å²) in [5.41, 5.74) is 1.06. The zero-order valence-corrected chi connectivity index (χ0v) is 19.1. The number of nitrogens with one attached hydrogen (secondary N) is 1. The number of hydrogen-bond donors (Lipinski definition) is 2. The molecule has 0 radical (unpaired) electrons. The minimum absolute atomic E-state index is 0.0461. The van der Waals surface area contributed by atoms with Gasteiger partial charge in [-0.25, -0.2) is 0 Å². The molecule has 0 aliphatic carbocycles. The van der Waals surface area contributed by atoms with Gasteiger partial charge >= 0.3 is 11.9 Å². The van der Waals surface area contributed by atoms with Gasteiger partial charge in [0.2, 0.25) is 0 Å². The van der Waals surface area contributed by atoms with Gasteiger partial charge in [0.05, 0.1) is 12.3 Å². The van der Waals surface area contributed by atoms with Crippen molar-refractivity contribution < 1.29 is 33.7 Å². The van der Waals surface area contributed by atoms with Crippen LogP contribution < -0.4 is 10.1 Å². The predicted octanol–water partition coefficient (Wildman–Crippen LogP) is 4.86. The topological polar surface area (TPSA) is 111 Å². The van der Waals surface area contributed by atoms with Crippen LogP contribution in [0.1, 0.15) is 56.3 Å². The number of carbonyl (C=O) groups is 3. The second kappa shape index (κ2) is 13.8. The van der Waals surface area contributed by atoms with E-state index < -0.39 is 5.97 Å². The van der Waals surface area contributed by atoms with Crippen LogP contribution >= 0.6 is 0 Å². The Hall–Kier alpha value is -3.55. The maximum absolute atomic E-state index is 12.2. The van der Waals surface area contributed by atoms with Gasteiger partial charge in [-0.2, -0.15) is 0 Å². The molecule has 0 fully saturated rings. The fraction of sp³-hybridized carbons (Fsp3) is 0.400. The van der Waals surface area contributed by atoms with Crippen molar-refractivity contribution in [2.24, 2.45) is 0 Å². The summed E-state index contributed by atoms with van der Waals surface area (Å²) in [5, 5.41) is 13.0. The molecule has 33 heavy (non-hydrogen) atoms. The summed E-state index contributed by atoms with van der Waals surface area (Å²) in [6.45, 7) is 4.35. The Morgan fingerprint density at radius 3 is 2.24 bits per heavy atom. The second-order valence-corrected chi connectivity index (χ2v) is 7.39. The molecule has 0 atom stereocenters. The highest BCUT2D eigenvalue weighted by Crippen LogP contribution is 2.33. The first-order chi connectivity index (χ1) is 15.9. The Labute approximate surface area is 193 Å². The van der Waals surface area contributed by atoms with Crippen LogP contribution in [0.5, 0.6) is 17.2 Å². The molecular weight excluding hydrogens is 426 g/mol. The van der Waals surface area contributed by atoms with Crippen molar-refractivity contribution in [3.63, 3.8) is 0 Å². The molecule has 0 amide bonds. The monoisotopic (exact) mass is 457 g/mol. The normalized spacial score (nSPS) is 10.4. The number of Topliss-reactive ketones (excluding diaryl/α,β-unsaturated/α-hetero) is 1. The summed E-state index contributed by atoms with van der Waals surface area (Å²) in [6, 6.07) is 11.1. The van der Waals surface area contributed by atoms with Gasteiger partial charge in [0.1, 0.15) is 11.5 Å². The summed E-state index contributed by atoms with van der Waals surface area (Å²) < 4.78 is 16.0. The Morgan fingerprint density at radius 2 is 1.58 bits per heavy atom. The van der Waals surface area contributed by atoms with E-state index in [1.807, 2.05) is 13.8 Å². The van der Waals surface area contributed by atoms with Gasteiger partial charge in [0.15, 0.2) is 18.1 Å². The summed E-state index contributed by atoms with van der Waals surface area (Å²) >= 11 is 0. The van der Waals surface area contributed by atoms with Crippen molar-refractivity contribution >= 4 is 23.4 Å². The van der Waals surface area contributed by atoms with E-state index >= 15 is 0 Å². The second-order valence-electron chi connectivity index (χ2n) is 7.39. The largest absolute Gasteiger partial charge is 0.508 e. The van der Waals surface area contributed by atoms with E-state index in [-0.39, 0.29) is 30.5 Å². The van der Waals surface area contributed by atoms with Gasteiger partial charge in [0, 0.05) is 31.0 Å². The fourth-order valence-electron chi connectivity index (χ4n) is 2.84. The number of aromatic hydroxyl groups is 1. The van der Waals surface area contributed by atoms with Crippen LogP contribution in [0.3, 0.4) is 0 Å². The van der Waals surface area contributed by atoms with Gasteiger partial charge < -0.3 is 24.6 Å². The molecule has 2 N–H and O–H groups in total. The third kappa shape index (κ3) is 9.22. The molecule has 2 aromatic rings. The molecule has 0 bridgehead atoms. The number of phenols is 1. The number of hydrogen-bond acceptors (Lipinski definition) is 8. The van der Waals surface area contributed by atoms with Crippen molar-refractivity contribution in [3.8, 4) is 17.2 Å². The molecule has 8 heteroatoms. The zero-order valence-electron chi connectivity index (χ0n) is 19.1. The molecule has 8 nitrogen and oxygen atoms in total. The Morgan fingerprint density at radius 1 is 0.909 bits per heavy atom. The van der Waals surface area contributed by atoms with Crippen LogP contribution in [0.4, 0.5) is 5.69 Å². The molecule has 2 aromatic carbocycles. The number of ether oxygens (including phenoxy) is 3. The molecule has 0 spiro atoms. The lowest BCUT2D eigenvalue weighted by Gasteiger charge is -2.14. The quantitative estimate of drug-likeness (QED) is 0.179. The highest BCUT2D eigenvalue weighted by Gasteiger charge is 2.11. The predicted molar refractivity (Wildman–Crippen MR) is 124 cm³/mol. The fourth-order valence-corrected chi connectivity index (χ4v) is 2.84. The number of ketones is 1. The molecule has 0 heterocycles. The lowest BCUT2D eigenvalue weighted by molar-refractivity contribution is -0.144. The molecule has 0 saturated heterocycles. The maximum atomic E-state index is 12.2. The lowest BCUT2D eigenvalue weighted by Crippen LogP contribution is -2.13. The van der Waals surface area contributed by atoms with E-state index in [9.17, 15) is 19.5 Å². The molecule has 0 aliphatic rings. The standard InChI is InChI=1S/C25H31NO7/c1-3-6-24(29)31-15-5-14-26-21-13-10-19(27)16-23(21)33-20-11-8-18(9-12-20)22(28)17-32-25(30)7-4-2/h8-13,16,26-27H,3-7,14-15,17H2,1-2H3. The van der Waals surface area contributed by atoms with E-state index in [4.69, 9.17) is 14.2 Å². The van der Waals surface area contributed by atoms with Crippen molar-refractivity contribution in [3.05, 3.63) is 48.0 Å². The minimum Gasteiger partial charge on any atom is -0.508 e. The Kier molecular flexibility index (Phi) is 10.7. The van der Waals surface area contributed by atoms with Crippen molar-refractivity contribution in [2.45, 2.75) is 46.0 Å². The first kappa shape index (κ1) is 25.7. The lowest BCUT2D eigenvalue weighted by atomic mass is 10.1. The van der Waals surface area contributed by atoms with Crippen molar-refractivity contribution in [2.75, 3.05) is 25.1 Å². The molecule has 178 valence electrons. The van der Waals surface area contributed by atoms with Crippen LogP contribution in [0, 0.1) is 0 Å². The third-order valence-electron chi connectivity index (χ3n) is 4.54. The summed E-state index contributed by atoms with van der Waals surface area (Å²) in [7, 11) is 0. The number of esters is 2. The minimum atomic E-state index is -0.395. The van der Waals surface area contributed by atoms with Gasteiger partial charge in [-0.05, 0) is 55.7 Å². The highest BCUT2D eigenvalue weighted by molar-refractivity contribution is 5.98. The number of carbonyl (C=O) groups excluding carboxylic acids is 3. The van der Waals surface area contributed by atoms with Gasteiger partial charge in [-0.3, -0.25) is 14.4 Å². The van der Waals surface area contributed by atoms with Gasteiger partial charge in [-0.1, -0.05) is 13.8 Å². The number of benzene rings is 2. The first-order valence-electron chi connectivity index (χ1n) is 11.1. The van der Waals surface area contributed by atoms with Crippen molar-refractivity contribution in [1.82, 2.24) is 0 Å². The van der Waals surface area contributed by atoms with Crippen LogP contribution in [0.2, 0.25) is 0 Å². The molecule has 0 aliphatic heterocycles. The third-order valence-corrected chi connectivity index (χ3v) is 4.54. The van der Waals surface area contributed by atoms with E-state index in [0.717, 1.165) is 6.42 Å². The molecule has 0 aromatic heterocycles. The maximum Gasteiger partial charge on any atom is 0.306 e. The Bertz CT molecular complexity index is 925. The van der Waals surface area contributed by atoms with Gasteiger partial charge in [0.25, 0.3) is 0 Å². The van der Waals surface area contributed by atoms with E-state index in [0.29, 0.717) is 55.2 Å². The first-order valence-corrected chi connectivity index (χ1v) is 11.1. The molecule has 2 rings (SSSR count). The summed E-state index contributed by atoms with van der Waals surface area (Å²) in [6.07, 6.45) is 2.74. The van der Waals surface area contributed by atoms with Gasteiger partial charge in [-0.15, -0.1) is 0 Å².